The molecule has 0 saturated heterocycles. The molecule has 0 aliphatic rings. The molecule has 0 unspecified atom stereocenters. The van der Waals surface area contributed by atoms with Crippen LogP contribution in [-0.4, -0.2) is 28.4 Å². The third-order valence-corrected chi connectivity index (χ3v) is 4.18. The number of carbonyl (C=O) groups is 2. The van der Waals surface area contributed by atoms with Crippen LogP contribution < -0.4 is 16.2 Å². The highest BCUT2D eigenvalue weighted by molar-refractivity contribution is 5.99. The third-order valence-electron chi connectivity index (χ3n) is 4.18. The van der Waals surface area contributed by atoms with E-state index in [2.05, 4.69) is 15.6 Å². The highest BCUT2D eigenvalue weighted by Crippen LogP contribution is 2.19. The zero-order chi connectivity index (χ0) is 19.6. The molecule has 0 fully saturated rings. The maximum Gasteiger partial charge on any atom is 0.261 e. The molecule has 0 aliphatic carbocycles. The Morgan fingerprint density at radius 1 is 1.22 bits per heavy atom. The van der Waals surface area contributed by atoms with Gasteiger partial charge in [0.15, 0.2) is 0 Å². The SMILES string of the molecule is CNC(=O)c1cccc(NC(=O)Cn2cnc3ccc(F)cc3c2=O)c1C. The van der Waals surface area contributed by atoms with Crippen LogP contribution in [0.2, 0.25) is 0 Å². The molecule has 0 aliphatic heterocycles. The van der Waals surface area contributed by atoms with Crippen molar-refractivity contribution in [1.82, 2.24) is 14.9 Å². The van der Waals surface area contributed by atoms with E-state index in [1.165, 1.54) is 25.5 Å². The molecule has 0 radical (unpaired) electrons. The topological polar surface area (TPSA) is 93.1 Å². The maximum absolute atomic E-state index is 13.4. The standard InChI is InChI=1S/C19H17FN4O3/c1-11-13(18(26)21-2)4-3-5-15(11)23-17(25)9-24-10-22-16-7-6-12(20)8-14(16)19(24)27/h3-8,10H,9H2,1-2H3,(H,21,26)(H,23,25). The van der Waals surface area contributed by atoms with Crippen molar-refractivity contribution in [3.05, 3.63) is 70.0 Å². The Morgan fingerprint density at radius 3 is 2.74 bits per heavy atom. The summed E-state index contributed by atoms with van der Waals surface area (Å²) in [5.41, 5.74) is 1.36. The highest BCUT2D eigenvalue weighted by Gasteiger charge is 2.13. The molecule has 8 heteroatoms. The number of nitrogens with one attached hydrogen (secondary N) is 2. The molecule has 0 saturated carbocycles. The Balaban J connectivity index is 1.85. The van der Waals surface area contributed by atoms with E-state index in [1.807, 2.05) is 0 Å². The molecule has 0 bridgehead atoms. The number of hydrogen-bond donors (Lipinski definition) is 2. The summed E-state index contributed by atoms with van der Waals surface area (Å²) in [6.07, 6.45) is 1.25. The molecule has 3 aromatic rings. The molecule has 2 N–H and O–H groups in total. The Morgan fingerprint density at radius 2 is 2.00 bits per heavy atom. The number of hydrogen-bond acceptors (Lipinski definition) is 4. The van der Waals surface area contributed by atoms with Crippen LogP contribution in [0.3, 0.4) is 0 Å². The predicted molar refractivity (Wildman–Crippen MR) is 99.2 cm³/mol. The minimum Gasteiger partial charge on any atom is -0.355 e. The van der Waals surface area contributed by atoms with Gasteiger partial charge in [-0.1, -0.05) is 6.07 Å². The second-order valence-corrected chi connectivity index (χ2v) is 5.94. The van der Waals surface area contributed by atoms with Crippen LogP contribution in [-0.2, 0) is 11.3 Å². The third kappa shape index (κ3) is 3.69. The van der Waals surface area contributed by atoms with E-state index in [4.69, 9.17) is 0 Å². The fourth-order valence-corrected chi connectivity index (χ4v) is 2.74. The molecule has 1 aromatic heterocycles. The van der Waals surface area contributed by atoms with Crippen LogP contribution in [0.1, 0.15) is 15.9 Å². The zero-order valence-corrected chi connectivity index (χ0v) is 14.7. The summed E-state index contributed by atoms with van der Waals surface area (Å²) in [6, 6.07) is 8.68. The summed E-state index contributed by atoms with van der Waals surface area (Å²) in [6.45, 7) is 1.43. The van der Waals surface area contributed by atoms with E-state index < -0.39 is 17.3 Å². The van der Waals surface area contributed by atoms with Crippen LogP contribution in [0.4, 0.5) is 10.1 Å². The number of benzene rings is 2. The smallest absolute Gasteiger partial charge is 0.261 e. The molecule has 138 valence electrons. The van der Waals surface area contributed by atoms with Crippen molar-refractivity contribution >= 4 is 28.4 Å². The molecule has 2 aromatic carbocycles. The monoisotopic (exact) mass is 368 g/mol. The van der Waals surface area contributed by atoms with Crippen LogP contribution in [0, 0.1) is 12.7 Å². The lowest BCUT2D eigenvalue weighted by molar-refractivity contribution is -0.116. The van der Waals surface area contributed by atoms with Gasteiger partial charge in [0.25, 0.3) is 11.5 Å². The molecule has 1 heterocycles. The Hall–Kier alpha value is -3.55. The lowest BCUT2D eigenvalue weighted by atomic mass is 10.1. The van der Waals surface area contributed by atoms with E-state index in [9.17, 15) is 18.8 Å². The van der Waals surface area contributed by atoms with Gasteiger partial charge in [-0.15, -0.1) is 0 Å². The summed E-state index contributed by atoms with van der Waals surface area (Å²) < 4.78 is 14.5. The molecule has 0 atom stereocenters. The summed E-state index contributed by atoms with van der Waals surface area (Å²) in [4.78, 5) is 40.7. The molecule has 27 heavy (non-hydrogen) atoms. The second-order valence-electron chi connectivity index (χ2n) is 5.94. The van der Waals surface area contributed by atoms with Crippen molar-refractivity contribution in [3.8, 4) is 0 Å². The number of amides is 2. The van der Waals surface area contributed by atoms with E-state index in [1.54, 1.807) is 25.1 Å². The van der Waals surface area contributed by atoms with Gasteiger partial charge in [-0.25, -0.2) is 9.37 Å². The van der Waals surface area contributed by atoms with Gasteiger partial charge >= 0.3 is 0 Å². The zero-order valence-electron chi connectivity index (χ0n) is 14.7. The summed E-state index contributed by atoms with van der Waals surface area (Å²) in [5, 5.41) is 5.32. The number of fused-ring (bicyclic) bond motifs is 1. The minimum absolute atomic E-state index is 0.100. The van der Waals surface area contributed by atoms with Crippen molar-refractivity contribution in [2.45, 2.75) is 13.5 Å². The molecule has 3 rings (SSSR count). The van der Waals surface area contributed by atoms with Gasteiger partial charge in [0.1, 0.15) is 12.4 Å². The largest absolute Gasteiger partial charge is 0.355 e. The van der Waals surface area contributed by atoms with E-state index in [0.717, 1.165) is 10.6 Å². The first-order valence-electron chi connectivity index (χ1n) is 8.17. The quantitative estimate of drug-likeness (QED) is 0.735. The van der Waals surface area contributed by atoms with Gasteiger partial charge in [-0.3, -0.25) is 19.0 Å². The average molecular weight is 368 g/mol. The first kappa shape index (κ1) is 18.2. The van der Waals surface area contributed by atoms with E-state index in [0.29, 0.717) is 22.3 Å². The number of aromatic nitrogens is 2. The van der Waals surface area contributed by atoms with Crippen LogP contribution in [0.25, 0.3) is 10.9 Å². The second kappa shape index (κ2) is 7.36. The average Bonchev–Trinajstić information content (AvgIpc) is 2.65. The highest BCUT2D eigenvalue weighted by atomic mass is 19.1. The van der Waals surface area contributed by atoms with Gasteiger partial charge in [0.05, 0.1) is 17.2 Å². The summed E-state index contributed by atoms with van der Waals surface area (Å²) in [7, 11) is 1.52. The van der Waals surface area contributed by atoms with Gasteiger partial charge in [0, 0.05) is 18.3 Å². The summed E-state index contributed by atoms with van der Waals surface area (Å²) >= 11 is 0. The molecular weight excluding hydrogens is 351 g/mol. The van der Waals surface area contributed by atoms with Crippen LogP contribution in [0.5, 0.6) is 0 Å². The number of rotatable bonds is 4. The van der Waals surface area contributed by atoms with Gasteiger partial charge in [-0.05, 0) is 42.8 Å². The van der Waals surface area contributed by atoms with Crippen molar-refractivity contribution in [2.75, 3.05) is 12.4 Å². The lowest BCUT2D eigenvalue weighted by Gasteiger charge is -2.12. The summed E-state index contributed by atoms with van der Waals surface area (Å²) in [5.74, 6) is -1.28. The predicted octanol–water partition coefficient (Wildman–Crippen LogP) is 1.84. The number of carbonyl (C=O) groups excluding carboxylic acids is 2. The first-order valence-corrected chi connectivity index (χ1v) is 8.17. The van der Waals surface area contributed by atoms with Crippen molar-refractivity contribution in [1.29, 1.82) is 0 Å². The fraction of sp³-hybridized carbons (Fsp3) is 0.158. The lowest BCUT2D eigenvalue weighted by Crippen LogP contribution is -2.28. The van der Waals surface area contributed by atoms with Gasteiger partial charge < -0.3 is 10.6 Å². The normalized spacial score (nSPS) is 10.6. The van der Waals surface area contributed by atoms with Crippen molar-refractivity contribution < 1.29 is 14.0 Å². The minimum atomic E-state index is -0.551. The number of nitrogens with zero attached hydrogens (tertiary/aromatic N) is 2. The molecule has 0 spiro atoms. The van der Waals surface area contributed by atoms with E-state index >= 15 is 0 Å². The Kier molecular flexibility index (Phi) is 4.98. The Labute approximate surface area is 153 Å². The number of halogens is 1. The van der Waals surface area contributed by atoms with Crippen LogP contribution in [0.15, 0.2) is 47.5 Å². The van der Waals surface area contributed by atoms with Crippen molar-refractivity contribution in [3.63, 3.8) is 0 Å². The number of anilines is 1. The molecule has 7 nitrogen and oxygen atoms in total. The van der Waals surface area contributed by atoms with E-state index in [-0.39, 0.29) is 17.8 Å². The van der Waals surface area contributed by atoms with Crippen LogP contribution >= 0.6 is 0 Å². The maximum atomic E-state index is 13.4. The molecular formula is C19H17FN4O3. The first-order chi connectivity index (χ1) is 12.9. The fourth-order valence-electron chi connectivity index (χ4n) is 2.74. The van der Waals surface area contributed by atoms with Crippen molar-refractivity contribution in [2.24, 2.45) is 0 Å². The molecule has 2 amide bonds. The Bertz CT molecular complexity index is 1110. The van der Waals surface area contributed by atoms with Gasteiger partial charge in [-0.2, -0.15) is 0 Å². The van der Waals surface area contributed by atoms with Gasteiger partial charge in [0.2, 0.25) is 5.91 Å².